The van der Waals surface area contributed by atoms with Crippen molar-refractivity contribution in [1.29, 1.82) is 0 Å². The SMILES string of the molecule is CCCC/C=C\CCCCCCCCOC(=O)CCOCC(COCCC(=O)OCCCCCCCC/C=C\CCCC)(COCCC(=O)OCCCCCCCC/C=C\CCCC)N(C)C. The van der Waals surface area contributed by atoms with E-state index in [0.29, 0.717) is 19.8 Å². The first-order valence-corrected chi connectivity index (χ1v) is 27.6. The van der Waals surface area contributed by atoms with Gasteiger partial charge in [0.05, 0.1) is 84.3 Å². The van der Waals surface area contributed by atoms with Crippen LogP contribution in [0.3, 0.4) is 0 Å². The summed E-state index contributed by atoms with van der Waals surface area (Å²) in [6.45, 7) is 9.25. The van der Waals surface area contributed by atoms with Crippen LogP contribution in [-0.2, 0) is 42.8 Å². The van der Waals surface area contributed by atoms with Crippen LogP contribution in [0.25, 0.3) is 0 Å². The monoisotopic (exact) mass is 948 g/mol. The molecule has 0 unspecified atom stereocenters. The number of hydrogen-bond donors (Lipinski definition) is 0. The molecule has 0 N–H and O–H groups in total. The van der Waals surface area contributed by atoms with Crippen LogP contribution in [0.15, 0.2) is 36.5 Å². The zero-order valence-electron chi connectivity index (χ0n) is 44.3. The molecule has 0 atom stereocenters. The Morgan fingerprint density at radius 2 is 0.582 bits per heavy atom. The van der Waals surface area contributed by atoms with E-state index in [1.54, 1.807) is 0 Å². The summed E-state index contributed by atoms with van der Waals surface area (Å²) < 4.78 is 34.7. The molecule has 0 aromatic carbocycles. The van der Waals surface area contributed by atoms with Crippen molar-refractivity contribution in [3.63, 3.8) is 0 Å². The molecule has 0 bridgehead atoms. The first-order chi connectivity index (χ1) is 32.8. The fraction of sp³-hybridized carbons (Fsp3) is 0.842. The van der Waals surface area contributed by atoms with E-state index >= 15 is 0 Å². The van der Waals surface area contributed by atoms with Crippen LogP contribution in [0, 0.1) is 0 Å². The maximum absolute atomic E-state index is 12.5. The number of rotatable bonds is 52. The first kappa shape index (κ1) is 64.5. The minimum Gasteiger partial charge on any atom is -0.466 e. The van der Waals surface area contributed by atoms with E-state index in [1.165, 1.54) is 135 Å². The van der Waals surface area contributed by atoms with Gasteiger partial charge in [-0.15, -0.1) is 0 Å². The van der Waals surface area contributed by atoms with E-state index in [4.69, 9.17) is 28.4 Å². The van der Waals surface area contributed by atoms with Gasteiger partial charge >= 0.3 is 17.9 Å². The summed E-state index contributed by atoms with van der Waals surface area (Å²) in [4.78, 5) is 39.5. The molecule has 0 saturated carbocycles. The number of esters is 3. The molecule has 0 aliphatic carbocycles. The molecule has 67 heavy (non-hydrogen) atoms. The quantitative estimate of drug-likeness (QED) is 0.0253. The predicted molar refractivity (Wildman–Crippen MR) is 279 cm³/mol. The third-order valence-electron chi connectivity index (χ3n) is 12.2. The standard InChI is InChI=1S/C57H105NO9/c1-6-9-12-15-18-21-24-27-30-33-36-39-45-65-54(59)42-48-62-51-57(58(4)5,52-63-49-43-55(60)66-46-40-37-34-31-28-25-22-19-16-13-10-7-2)53-64-50-44-56(61)67-47-41-38-35-32-29-26-23-20-17-14-11-8-3/h15-20H,6-14,21-53H2,1-5H3/b18-15-,19-16-,20-17-. The van der Waals surface area contributed by atoms with E-state index < -0.39 is 5.54 Å². The Morgan fingerprint density at radius 1 is 0.343 bits per heavy atom. The summed E-state index contributed by atoms with van der Waals surface area (Å²) >= 11 is 0. The number of hydrogen-bond acceptors (Lipinski definition) is 10. The molecule has 0 saturated heterocycles. The molecule has 0 heterocycles. The smallest absolute Gasteiger partial charge is 0.308 e. The third-order valence-corrected chi connectivity index (χ3v) is 12.2. The van der Waals surface area contributed by atoms with Crippen molar-refractivity contribution in [2.24, 2.45) is 0 Å². The topological polar surface area (TPSA) is 110 Å². The van der Waals surface area contributed by atoms with Crippen molar-refractivity contribution in [2.45, 2.75) is 238 Å². The van der Waals surface area contributed by atoms with E-state index in [0.717, 1.165) is 57.8 Å². The number of allylic oxidation sites excluding steroid dienone is 6. The van der Waals surface area contributed by atoms with Crippen LogP contribution in [-0.4, -0.2) is 102 Å². The fourth-order valence-electron chi connectivity index (χ4n) is 7.43. The van der Waals surface area contributed by atoms with Crippen molar-refractivity contribution in [2.75, 3.05) is 73.6 Å². The van der Waals surface area contributed by atoms with Gasteiger partial charge in [-0.3, -0.25) is 19.3 Å². The Kier molecular flexibility index (Phi) is 49.4. The number of carbonyl (C=O) groups is 3. The summed E-state index contributed by atoms with van der Waals surface area (Å²) in [6, 6.07) is 0. The highest BCUT2D eigenvalue weighted by atomic mass is 16.5. The second kappa shape index (κ2) is 51.3. The Morgan fingerprint density at radius 3 is 0.836 bits per heavy atom. The summed E-state index contributed by atoms with van der Waals surface area (Å²) in [5, 5.41) is 0. The summed E-state index contributed by atoms with van der Waals surface area (Å²) in [5.74, 6) is -0.800. The molecule has 0 amide bonds. The molecule has 0 aromatic heterocycles. The number of unbranched alkanes of at least 4 members (excludes halogenated alkanes) is 24. The summed E-state index contributed by atoms with van der Waals surface area (Å²) in [6.07, 6.45) is 49.5. The highest BCUT2D eigenvalue weighted by Crippen LogP contribution is 2.17. The van der Waals surface area contributed by atoms with E-state index in [1.807, 2.05) is 19.0 Å². The van der Waals surface area contributed by atoms with Crippen LogP contribution in [0.5, 0.6) is 0 Å². The molecular weight excluding hydrogens is 843 g/mol. The lowest BCUT2D eigenvalue weighted by Crippen LogP contribution is -2.55. The average molecular weight is 948 g/mol. The molecule has 10 heteroatoms. The molecule has 0 aliphatic rings. The largest absolute Gasteiger partial charge is 0.466 e. The predicted octanol–water partition coefficient (Wildman–Crippen LogP) is 14.6. The van der Waals surface area contributed by atoms with E-state index in [2.05, 4.69) is 57.2 Å². The van der Waals surface area contributed by atoms with Crippen molar-refractivity contribution < 1.29 is 42.8 Å². The fourth-order valence-corrected chi connectivity index (χ4v) is 7.43. The van der Waals surface area contributed by atoms with Gasteiger partial charge in [-0.25, -0.2) is 0 Å². The second-order valence-electron chi connectivity index (χ2n) is 18.8. The maximum atomic E-state index is 12.5. The Bertz CT molecular complexity index is 1050. The van der Waals surface area contributed by atoms with Gasteiger partial charge in [0.1, 0.15) is 0 Å². The van der Waals surface area contributed by atoms with Gasteiger partial charge < -0.3 is 28.4 Å². The minimum absolute atomic E-state index is 0.155. The van der Waals surface area contributed by atoms with Gasteiger partial charge in [0.15, 0.2) is 0 Å². The zero-order chi connectivity index (χ0) is 49.0. The van der Waals surface area contributed by atoms with Crippen molar-refractivity contribution in [3.8, 4) is 0 Å². The summed E-state index contributed by atoms with van der Waals surface area (Å²) in [7, 11) is 3.85. The zero-order valence-corrected chi connectivity index (χ0v) is 44.3. The molecule has 0 rings (SSSR count). The highest BCUT2D eigenvalue weighted by Gasteiger charge is 2.34. The second-order valence-corrected chi connectivity index (χ2v) is 18.8. The molecule has 0 aliphatic heterocycles. The molecule has 0 aromatic rings. The van der Waals surface area contributed by atoms with Gasteiger partial charge in [0.25, 0.3) is 0 Å². The third kappa shape index (κ3) is 45.7. The van der Waals surface area contributed by atoms with E-state index in [9.17, 15) is 14.4 Å². The normalized spacial score (nSPS) is 12.1. The first-order valence-electron chi connectivity index (χ1n) is 27.6. The van der Waals surface area contributed by atoms with Crippen molar-refractivity contribution >= 4 is 17.9 Å². The lowest BCUT2D eigenvalue weighted by Gasteiger charge is -2.39. The number of likely N-dealkylation sites (N-methyl/N-ethyl adjacent to an activating group) is 1. The molecule has 0 radical (unpaired) electrons. The number of nitrogens with zero attached hydrogens (tertiary/aromatic N) is 1. The highest BCUT2D eigenvalue weighted by molar-refractivity contribution is 5.70. The van der Waals surface area contributed by atoms with Crippen LogP contribution in [0.1, 0.15) is 233 Å². The summed E-state index contributed by atoms with van der Waals surface area (Å²) in [5.41, 5.74) is -0.722. The van der Waals surface area contributed by atoms with Crippen LogP contribution < -0.4 is 0 Å². The van der Waals surface area contributed by atoms with Crippen molar-refractivity contribution in [3.05, 3.63) is 36.5 Å². The Labute approximate surface area is 412 Å². The Balaban J connectivity index is 4.65. The molecule has 10 nitrogen and oxygen atoms in total. The van der Waals surface area contributed by atoms with Gasteiger partial charge in [-0.2, -0.15) is 0 Å². The van der Waals surface area contributed by atoms with Gasteiger partial charge in [-0.1, -0.05) is 173 Å². The molecule has 0 fully saturated rings. The average Bonchev–Trinajstić information content (AvgIpc) is 3.32. The molecule has 392 valence electrons. The maximum Gasteiger partial charge on any atom is 0.308 e. The van der Waals surface area contributed by atoms with Gasteiger partial charge in [-0.05, 0) is 91.1 Å². The van der Waals surface area contributed by atoms with E-state index in [-0.39, 0.29) is 76.8 Å². The van der Waals surface area contributed by atoms with Crippen LogP contribution in [0.4, 0.5) is 0 Å². The lowest BCUT2D eigenvalue weighted by atomic mass is 10.0. The van der Waals surface area contributed by atoms with Gasteiger partial charge in [0, 0.05) is 0 Å². The van der Waals surface area contributed by atoms with Gasteiger partial charge in [0.2, 0.25) is 0 Å². The number of carbonyl (C=O) groups excluding carboxylic acids is 3. The Hall–Kier alpha value is -2.53. The number of ether oxygens (including phenoxy) is 6. The van der Waals surface area contributed by atoms with Crippen LogP contribution >= 0.6 is 0 Å². The minimum atomic E-state index is -0.722. The lowest BCUT2D eigenvalue weighted by molar-refractivity contribution is -0.146. The van der Waals surface area contributed by atoms with Crippen molar-refractivity contribution in [1.82, 2.24) is 4.90 Å². The van der Waals surface area contributed by atoms with Crippen LogP contribution in [0.2, 0.25) is 0 Å². The molecular formula is C57H105NO9. The molecule has 0 spiro atoms.